The molecule has 1 heterocycles. The Hall–Kier alpha value is -3.53. The molecular weight excluding hydrogens is 388 g/mol. The Labute approximate surface area is 173 Å². The number of aromatic carboxylic acids is 1. The van der Waals surface area contributed by atoms with Crippen molar-refractivity contribution in [2.24, 2.45) is 0 Å². The highest BCUT2D eigenvalue weighted by atomic mass is 19.3. The number of carbonyl (C=O) groups is 1. The van der Waals surface area contributed by atoms with E-state index in [1.165, 1.54) is 11.6 Å². The maximum Gasteiger partial charge on any atom is 0.336 e. The van der Waals surface area contributed by atoms with Crippen LogP contribution in [-0.4, -0.2) is 25.8 Å². The number of benzene rings is 2. The van der Waals surface area contributed by atoms with Gasteiger partial charge in [0.1, 0.15) is 5.82 Å². The molecule has 7 heteroatoms. The molecule has 5 nitrogen and oxygen atoms in total. The van der Waals surface area contributed by atoms with E-state index in [1.807, 2.05) is 12.1 Å². The van der Waals surface area contributed by atoms with E-state index < -0.39 is 17.7 Å². The lowest BCUT2D eigenvalue weighted by molar-refractivity contribution is -0.0177. The SMILES string of the molecule is C#CCCn1nc(C(F)(F)CC)nc1Cc1ccc(-c2ccccc2C(=O)O)cc1. The van der Waals surface area contributed by atoms with Crippen molar-refractivity contribution in [2.45, 2.75) is 38.7 Å². The van der Waals surface area contributed by atoms with E-state index in [-0.39, 0.29) is 12.0 Å². The van der Waals surface area contributed by atoms with E-state index in [0.29, 0.717) is 30.8 Å². The second-order valence-corrected chi connectivity index (χ2v) is 6.81. The number of hydrogen-bond donors (Lipinski definition) is 1. The zero-order valence-electron chi connectivity index (χ0n) is 16.5. The first-order chi connectivity index (χ1) is 14.4. The highest BCUT2D eigenvalue weighted by Crippen LogP contribution is 2.29. The minimum atomic E-state index is -3.10. The van der Waals surface area contributed by atoms with Gasteiger partial charge in [0.15, 0.2) is 0 Å². The van der Waals surface area contributed by atoms with Crippen molar-refractivity contribution in [3.63, 3.8) is 0 Å². The third kappa shape index (κ3) is 4.54. The number of carboxylic acids is 1. The van der Waals surface area contributed by atoms with Gasteiger partial charge in [-0.1, -0.05) is 49.4 Å². The number of halogens is 2. The molecule has 1 N–H and O–H groups in total. The number of carboxylic acid groups (broad SMARTS) is 1. The van der Waals surface area contributed by atoms with E-state index in [2.05, 4.69) is 16.0 Å². The summed E-state index contributed by atoms with van der Waals surface area (Å²) in [5.41, 5.74) is 2.42. The summed E-state index contributed by atoms with van der Waals surface area (Å²) in [6.45, 7) is 1.69. The van der Waals surface area contributed by atoms with Gasteiger partial charge in [0.25, 0.3) is 0 Å². The number of aryl methyl sites for hydroxylation is 1. The van der Waals surface area contributed by atoms with Gasteiger partial charge in [-0.3, -0.25) is 0 Å². The van der Waals surface area contributed by atoms with Crippen molar-refractivity contribution >= 4 is 5.97 Å². The van der Waals surface area contributed by atoms with Gasteiger partial charge in [0, 0.05) is 19.3 Å². The topological polar surface area (TPSA) is 68.0 Å². The van der Waals surface area contributed by atoms with Crippen LogP contribution in [0.1, 0.15) is 47.3 Å². The number of nitrogens with zero attached hydrogens (tertiary/aromatic N) is 3. The largest absolute Gasteiger partial charge is 0.478 e. The van der Waals surface area contributed by atoms with Crippen molar-refractivity contribution in [1.82, 2.24) is 14.8 Å². The predicted octanol–water partition coefficient (Wildman–Crippen LogP) is 4.76. The average Bonchev–Trinajstić information content (AvgIpc) is 3.16. The van der Waals surface area contributed by atoms with Gasteiger partial charge < -0.3 is 5.11 Å². The van der Waals surface area contributed by atoms with Crippen LogP contribution in [0.3, 0.4) is 0 Å². The van der Waals surface area contributed by atoms with Gasteiger partial charge in [-0.25, -0.2) is 14.5 Å². The van der Waals surface area contributed by atoms with Crippen LogP contribution in [0.4, 0.5) is 8.78 Å². The maximum absolute atomic E-state index is 14.1. The fourth-order valence-corrected chi connectivity index (χ4v) is 3.07. The van der Waals surface area contributed by atoms with Crippen LogP contribution < -0.4 is 0 Å². The fourth-order valence-electron chi connectivity index (χ4n) is 3.07. The van der Waals surface area contributed by atoms with E-state index in [1.54, 1.807) is 36.4 Å². The molecule has 0 spiro atoms. The van der Waals surface area contributed by atoms with E-state index in [9.17, 15) is 18.7 Å². The molecule has 2 aromatic carbocycles. The second-order valence-electron chi connectivity index (χ2n) is 6.81. The minimum absolute atomic E-state index is 0.214. The zero-order valence-corrected chi connectivity index (χ0v) is 16.5. The van der Waals surface area contributed by atoms with Crippen LogP contribution in [0.25, 0.3) is 11.1 Å². The second kappa shape index (κ2) is 8.87. The first-order valence-electron chi connectivity index (χ1n) is 9.53. The third-order valence-electron chi connectivity index (χ3n) is 4.77. The summed E-state index contributed by atoms with van der Waals surface area (Å²) in [5.74, 6) is -1.70. The summed E-state index contributed by atoms with van der Waals surface area (Å²) in [7, 11) is 0. The molecule has 0 aliphatic carbocycles. The van der Waals surface area contributed by atoms with Gasteiger partial charge in [-0.2, -0.15) is 8.78 Å². The van der Waals surface area contributed by atoms with Crippen LogP contribution in [0.15, 0.2) is 48.5 Å². The molecule has 0 amide bonds. The van der Waals surface area contributed by atoms with Crippen LogP contribution >= 0.6 is 0 Å². The van der Waals surface area contributed by atoms with Crippen molar-refractivity contribution in [3.8, 4) is 23.5 Å². The lowest BCUT2D eigenvalue weighted by Crippen LogP contribution is -2.14. The number of hydrogen-bond acceptors (Lipinski definition) is 3. The molecule has 154 valence electrons. The molecule has 0 aliphatic rings. The van der Waals surface area contributed by atoms with Crippen molar-refractivity contribution in [1.29, 1.82) is 0 Å². The smallest absolute Gasteiger partial charge is 0.336 e. The van der Waals surface area contributed by atoms with Gasteiger partial charge in [-0.05, 0) is 22.8 Å². The molecule has 0 unspecified atom stereocenters. The summed E-state index contributed by atoms with van der Waals surface area (Å²) in [6, 6.07) is 14.0. The number of rotatable bonds is 8. The Kier molecular flexibility index (Phi) is 6.26. The molecule has 3 aromatic rings. The van der Waals surface area contributed by atoms with E-state index in [4.69, 9.17) is 6.42 Å². The molecule has 0 saturated carbocycles. The lowest BCUT2D eigenvalue weighted by atomic mass is 9.98. The third-order valence-corrected chi connectivity index (χ3v) is 4.77. The van der Waals surface area contributed by atoms with Gasteiger partial charge in [-0.15, -0.1) is 17.4 Å². The van der Waals surface area contributed by atoms with Crippen molar-refractivity contribution < 1.29 is 18.7 Å². The summed E-state index contributed by atoms with van der Waals surface area (Å²) in [4.78, 5) is 15.5. The molecule has 3 rings (SSSR count). The summed E-state index contributed by atoms with van der Waals surface area (Å²) in [5, 5.41) is 13.4. The number of alkyl halides is 2. The van der Waals surface area contributed by atoms with Crippen LogP contribution in [-0.2, 0) is 18.9 Å². The minimum Gasteiger partial charge on any atom is -0.478 e. The van der Waals surface area contributed by atoms with Crippen molar-refractivity contribution in [2.75, 3.05) is 0 Å². The van der Waals surface area contributed by atoms with Gasteiger partial charge in [0.05, 0.1) is 12.1 Å². The Morgan fingerprint density at radius 2 is 1.90 bits per heavy atom. The van der Waals surface area contributed by atoms with E-state index >= 15 is 0 Å². The average molecular weight is 409 g/mol. The van der Waals surface area contributed by atoms with Crippen LogP contribution in [0.5, 0.6) is 0 Å². The molecule has 0 fully saturated rings. The van der Waals surface area contributed by atoms with Gasteiger partial charge >= 0.3 is 11.9 Å². The number of aromatic nitrogens is 3. The maximum atomic E-state index is 14.1. The fraction of sp³-hybridized carbons (Fsp3) is 0.261. The molecule has 0 saturated heterocycles. The molecule has 0 bridgehead atoms. The Balaban J connectivity index is 1.88. The molecule has 0 aliphatic heterocycles. The molecule has 1 aromatic heterocycles. The van der Waals surface area contributed by atoms with Crippen molar-refractivity contribution in [3.05, 3.63) is 71.3 Å². The highest BCUT2D eigenvalue weighted by Gasteiger charge is 2.35. The lowest BCUT2D eigenvalue weighted by Gasteiger charge is -2.08. The monoisotopic (exact) mass is 409 g/mol. The summed E-state index contributed by atoms with van der Waals surface area (Å²) >= 11 is 0. The molecule has 0 radical (unpaired) electrons. The Morgan fingerprint density at radius 1 is 1.20 bits per heavy atom. The van der Waals surface area contributed by atoms with E-state index in [0.717, 1.165) is 11.1 Å². The Bertz CT molecular complexity index is 1080. The highest BCUT2D eigenvalue weighted by molar-refractivity contribution is 5.95. The summed E-state index contributed by atoms with van der Waals surface area (Å²) < 4.78 is 29.5. The zero-order chi connectivity index (χ0) is 21.7. The standard InChI is InChI=1S/C23H21F2N3O2/c1-3-5-14-28-20(26-22(27-28)23(24,25)4-2)15-16-10-12-17(13-11-16)18-8-6-7-9-19(18)21(29)30/h1,6-13H,4-5,14-15H2,2H3,(H,29,30). The van der Waals surface area contributed by atoms with Crippen LogP contribution in [0, 0.1) is 12.3 Å². The number of terminal acetylenes is 1. The van der Waals surface area contributed by atoms with Gasteiger partial charge in [0.2, 0.25) is 5.82 Å². The summed E-state index contributed by atoms with van der Waals surface area (Å²) in [6.07, 6.45) is 5.58. The normalized spacial score (nSPS) is 11.3. The van der Waals surface area contributed by atoms with Crippen LogP contribution in [0.2, 0.25) is 0 Å². The molecule has 0 atom stereocenters. The molecule has 30 heavy (non-hydrogen) atoms. The first kappa shape index (κ1) is 21.2. The molecular formula is C23H21F2N3O2. The first-order valence-corrected chi connectivity index (χ1v) is 9.53. The quantitative estimate of drug-likeness (QED) is 0.545. The predicted molar refractivity (Wildman–Crippen MR) is 109 cm³/mol. The Morgan fingerprint density at radius 3 is 2.53 bits per heavy atom.